The van der Waals surface area contributed by atoms with E-state index in [1.54, 1.807) is 16.0 Å². The van der Waals surface area contributed by atoms with Crippen molar-refractivity contribution in [3.05, 3.63) is 34.5 Å². The highest BCUT2D eigenvalue weighted by Crippen LogP contribution is 2.19. The second-order valence-corrected chi connectivity index (χ2v) is 5.22. The van der Waals surface area contributed by atoms with Gasteiger partial charge < -0.3 is 11.1 Å². The Morgan fingerprint density at radius 2 is 2.39 bits per heavy atom. The summed E-state index contributed by atoms with van der Waals surface area (Å²) in [4.78, 5) is 4.34. The molecule has 0 saturated carbocycles. The van der Waals surface area contributed by atoms with Crippen LogP contribution in [0.15, 0.2) is 24.0 Å². The van der Waals surface area contributed by atoms with Crippen LogP contribution in [0, 0.1) is 0 Å². The fraction of sp³-hybridized carbons (Fsp3) is 0.500. The molecular formula is C12H19N5S. The molecule has 2 rings (SSSR count). The van der Waals surface area contributed by atoms with Crippen LogP contribution in [0.5, 0.6) is 0 Å². The number of hydrogen-bond acceptors (Lipinski definition) is 5. The number of thiazole rings is 1. The maximum absolute atomic E-state index is 6.13. The second kappa shape index (κ2) is 6.08. The van der Waals surface area contributed by atoms with Crippen LogP contribution in [0.3, 0.4) is 0 Å². The molecule has 0 radical (unpaired) electrons. The lowest BCUT2D eigenvalue weighted by Gasteiger charge is -2.17. The summed E-state index contributed by atoms with van der Waals surface area (Å²) in [6.07, 6.45) is 6.62. The summed E-state index contributed by atoms with van der Waals surface area (Å²) in [7, 11) is 1.90. The third kappa shape index (κ3) is 3.16. The molecule has 6 heteroatoms. The van der Waals surface area contributed by atoms with E-state index in [0.29, 0.717) is 0 Å². The van der Waals surface area contributed by atoms with Gasteiger partial charge in [-0.1, -0.05) is 6.92 Å². The molecule has 0 aromatic carbocycles. The van der Waals surface area contributed by atoms with Gasteiger partial charge in [-0.15, -0.1) is 11.3 Å². The summed E-state index contributed by atoms with van der Waals surface area (Å²) >= 11 is 1.68. The fourth-order valence-corrected chi connectivity index (χ4v) is 2.63. The first-order valence-electron chi connectivity index (χ1n) is 6.07. The summed E-state index contributed by atoms with van der Waals surface area (Å²) in [6, 6.07) is 0.250. The van der Waals surface area contributed by atoms with Crippen molar-refractivity contribution in [1.29, 1.82) is 0 Å². The molecule has 2 unspecified atom stereocenters. The Bertz CT molecular complexity index is 465. The number of aromatic nitrogens is 3. The minimum absolute atomic E-state index is 0.0345. The Labute approximate surface area is 111 Å². The van der Waals surface area contributed by atoms with E-state index in [4.69, 9.17) is 5.73 Å². The lowest BCUT2D eigenvalue weighted by Crippen LogP contribution is -2.29. The normalized spacial score (nSPS) is 14.6. The molecule has 2 atom stereocenters. The van der Waals surface area contributed by atoms with Crippen molar-refractivity contribution in [2.45, 2.75) is 25.4 Å². The molecule has 5 nitrogen and oxygen atoms in total. The number of nitrogens with two attached hydrogens (primary N) is 1. The lowest BCUT2D eigenvalue weighted by atomic mass is 10.1. The first kappa shape index (κ1) is 13.2. The van der Waals surface area contributed by atoms with E-state index in [9.17, 15) is 0 Å². The quantitative estimate of drug-likeness (QED) is 0.832. The molecule has 0 bridgehead atoms. The minimum atomic E-state index is -0.0345. The predicted molar refractivity (Wildman–Crippen MR) is 73.3 cm³/mol. The average Bonchev–Trinajstić information content (AvgIpc) is 3.01. The van der Waals surface area contributed by atoms with Crippen LogP contribution >= 0.6 is 11.3 Å². The molecule has 0 fully saturated rings. The van der Waals surface area contributed by atoms with Gasteiger partial charge in [0.2, 0.25) is 0 Å². The van der Waals surface area contributed by atoms with Gasteiger partial charge in [0.15, 0.2) is 0 Å². The molecule has 0 aliphatic heterocycles. The topological polar surface area (TPSA) is 68.8 Å². The van der Waals surface area contributed by atoms with Crippen LogP contribution in [-0.2, 0) is 7.05 Å². The van der Waals surface area contributed by atoms with Crippen molar-refractivity contribution in [3.63, 3.8) is 0 Å². The molecule has 98 valence electrons. The average molecular weight is 265 g/mol. The van der Waals surface area contributed by atoms with Gasteiger partial charge in [-0.3, -0.25) is 4.68 Å². The van der Waals surface area contributed by atoms with E-state index in [2.05, 4.69) is 22.3 Å². The molecule has 3 N–H and O–H groups in total. The van der Waals surface area contributed by atoms with Crippen LogP contribution in [-0.4, -0.2) is 21.3 Å². The van der Waals surface area contributed by atoms with Gasteiger partial charge in [0.1, 0.15) is 5.01 Å². The maximum atomic E-state index is 6.13. The van der Waals surface area contributed by atoms with Crippen molar-refractivity contribution in [2.24, 2.45) is 12.8 Å². The van der Waals surface area contributed by atoms with Crippen LogP contribution < -0.4 is 11.1 Å². The molecule has 0 aliphatic rings. The Hall–Kier alpha value is -1.24. The SMILES string of the molecule is CCC(NCC(N)c1cnn(C)c1)c1nccs1. The third-order valence-corrected chi connectivity index (χ3v) is 3.78. The number of hydrogen-bond donors (Lipinski definition) is 2. The van der Waals surface area contributed by atoms with Crippen molar-refractivity contribution >= 4 is 11.3 Å². The zero-order valence-electron chi connectivity index (χ0n) is 10.7. The van der Waals surface area contributed by atoms with Gasteiger partial charge in [-0.25, -0.2) is 4.98 Å². The van der Waals surface area contributed by atoms with Crippen LogP contribution in [0.4, 0.5) is 0 Å². The van der Waals surface area contributed by atoms with Gasteiger partial charge in [0, 0.05) is 43.0 Å². The number of aryl methyl sites for hydroxylation is 1. The summed E-state index contributed by atoms with van der Waals surface area (Å²) < 4.78 is 1.77. The molecule has 2 aromatic heterocycles. The van der Waals surface area contributed by atoms with Gasteiger partial charge in [0.05, 0.1) is 12.2 Å². The van der Waals surface area contributed by atoms with Gasteiger partial charge in [-0.05, 0) is 6.42 Å². The van der Waals surface area contributed by atoms with E-state index in [1.165, 1.54) is 0 Å². The van der Waals surface area contributed by atoms with Crippen molar-refractivity contribution in [3.8, 4) is 0 Å². The second-order valence-electron chi connectivity index (χ2n) is 4.29. The van der Waals surface area contributed by atoms with Gasteiger partial charge >= 0.3 is 0 Å². The Morgan fingerprint density at radius 3 is 2.94 bits per heavy atom. The number of nitrogens with one attached hydrogen (secondary N) is 1. The molecule has 0 aliphatic carbocycles. The summed E-state index contributed by atoms with van der Waals surface area (Å²) in [5.41, 5.74) is 7.19. The minimum Gasteiger partial charge on any atom is -0.323 e. The highest BCUT2D eigenvalue weighted by molar-refractivity contribution is 7.09. The highest BCUT2D eigenvalue weighted by atomic mass is 32.1. The molecule has 0 amide bonds. The molecular weight excluding hydrogens is 246 g/mol. The molecule has 2 aromatic rings. The first-order valence-corrected chi connectivity index (χ1v) is 6.95. The fourth-order valence-electron chi connectivity index (χ4n) is 1.83. The maximum Gasteiger partial charge on any atom is 0.109 e. The predicted octanol–water partition coefficient (Wildman–Crippen LogP) is 1.62. The lowest BCUT2D eigenvalue weighted by molar-refractivity contribution is 0.486. The third-order valence-electron chi connectivity index (χ3n) is 2.89. The van der Waals surface area contributed by atoms with Gasteiger partial charge in [0.25, 0.3) is 0 Å². The molecule has 0 spiro atoms. The van der Waals surface area contributed by atoms with Crippen LogP contribution in [0.2, 0.25) is 0 Å². The van der Waals surface area contributed by atoms with Crippen LogP contribution in [0.1, 0.15) is 36.0 Å². The van der Waals surface area contributed by atoms with E-state index >= 15 is 0 Å². The standard InChI is InChI=1S/C12H19N5S/c1-3-11(12-14-4-5-18-12)15-7-10(13)9-6-16-17(2)8-9/h4-6,8,10-11,15H,3,7,13H2,1-2H3. The van der Waals surface area contributed by atoms with E-state index in [-0.39, 0.29) is 12.1 Å². The number of nitrogens with zero attached hydrogens (tertiary/aromatic N) is 3. The van der Waals surface area contributed by atoms with Crippen molar-refractivity contribution in [1.82, 2.24) is 20.1 Å². The summed E-state index contributed by atoms with van der Waals surface area (Å²) in [5, 5.41) is 10.7. The zero-order chi connectivity index (χ0) is 13.0. The smallest absolute Gasteiger partial charge is 0.109 e. The molecule has 0 saturated heterocycles. The van der Waals surface area contributed by atoms with E-state index < -0.39 is 0 Å². The largest absolute Gasteiger partial charge is 0.323 e. The van der Waals surface area contributed by atoms with E-state index in [0.717, 1.165) is 23.5 Å². The van der Waals surface area contributed by atoms with Gasteiger partial charge in [-0.2, -0.15) is 5.10 Å². The zero-order valence-corrected chi connectivity index (χ0v) is 11.5. The Morgan fingerprint density at radius 1 is 1.56 bits per heavy atom. The summed E-state index contributed by atoms with van der Waals surface area (Å²) in [5.74, 6) is 0. The highest BCUT2D eigenvalue weighted by Gasteiger charge is 2.14. The van der Waals surface area contributed by atoms with Crippen molar-refractivity contribution in [2.75, 3.05) is 6.54 Å². The molecule has 2 heterocycles. The van der Waals surface area contributed by atoms with Crippen LogP contribution in [0.25, 0.3) is 0 Å². The van der Waals surface area contributed by atoms with Crippen molar-refractivity contribution < 1.29 is 0 Å². The van der Waals surface area contributed by atoms with E-state index in [1.807, 2.05) is 31.0 Å². The summed E-state index contributed by atoms with van der Waals surface area (Å²) in [6.45, 7) is 2.87. The molecule has 18 heavy (non-hydrogen) atoms. The Kier molecular flexibility index (Phi) is 4.46. The first-order chi connectivity index (χ1) is 8.70. The number of rotatable bonds is 6. The Balaban J connectivity index is 1.90. The monoisotopic (exact) mass is 265 g/mol.